The van der Waals surface area contributed by atoms with Crippen molar-refractivity contribution in [2.75, 3.05) is 9.80 Å². The molecule has 1 fully saturated rings. The molecule has 5 N–H and O–H groups in total. The number of nitrogens with two attached hydrogens (primary N) is 1. The van der Waals surface area contributed by atoms with Gasteiger partial charge in [0.05, 0.1) is 23.5 Å². The molecule has 9 nitrogen and oxygen atoms in total. The minimum absolute atomic E-state index is 0.106. The van der Waals surface area contributed by atoms with E-state index in [1.165, 1.54) is 22.4 Å². The number of anilines is 2. The first kappa shape index (κ1) is 21.9. The SMILES string of the molecule is CC[C@@H]1C(=N)N(C(C)=N)c2cnc(/C(C=N)=C(/N)c3nccs3)nc2N1C1CC(F)(F)C1. The van der Waals surface area contributed by atoms with Gasteiger partial charge in [0.25, 0.3) is 5.92 Å². The molecule has 0 bridgehead atoms. The number of halogens is 2. The van der Waals surface area contributed by atoms with E-state index >= 15 is 0 Å². The highest BCUT2D eigenvalue weighted by atomic mass is 32.1. The summed E-state index contributed by atoms with van der Waals surface area (Å²) >= 11 is 1.31. The highest BCUT2D eigenvalue weighted by Crippen LogP contribution is 2.46. The molecule has 4 rings (SSSR count). The number of rotatable bonds is 5. The van der Waals surface area contributed by atoms with Crippen molar-refractivity contribution in [3.63, 3.8) is 0 Å². The molecule has 0 unspecified atom stereocenters. The number of fused-ring (bicyclic) bond motifs is 1. The van der Waals surface area contributed by atoms with Gasteiger partial charge in [-0.3, -0.25) is 15.7 Å². The molecule has 1 aliphatic carbocycles. The number of hydrogen-bond acceptors (Lipinski definition) is 9. The van der Waals surface area contributed by atoms with Gasteiger partial charge in [0, 0.05) is 36.7 Å². The summed E-state index contributed by atoms with van der Waals surface area (Å²) in [4.78, 5) is 16.3. The molecule has 1 atom stereocenters. The van der Waals surface area contributed by atoms with E-state index in [0.29, 0.717) is 22.9 Å². The quantitative estimate of drug-likeness (QED) is 0.397. The Bertz CT molecular complexity index is 1100. The molecule has 12 heteroatoms. The lowest BCUT2D eigenvalue weighted by molar-refractivity contribution is -0.0867. The third-order valence-electron chi connectivity index (χ3n) is 5.65. The van der Waals surface area contributed by atoms with Crippen LogP contribution in [0.1, 0.15) is 43.9 Å². The summed E-state index contributed by atoms with van der Waals surface area (Å²) in [6, 6.07) is -1.01. The van der Waals surface area contributed by atoms with E-state index in [0.717, 1.165) is 6.21 Å². The monoisotopic (exact) mass is 459 g/mol. The van der Waals surface area contributed by atoms with Gasteiger partial charge in [-0.05, 0) is 13.3 Å². The lowest BCUT2D eigenvalue weighted by Crippen LogP contribution is -2.62. The molecule has 0 radical (unpaired) electrons. The lowest BCUT2D eigenvalue weighted by atomic mass is 9.84. The molecule has 0 amide bonds. The van der Waals surface area contributed by atoms with Crippen molar-refractivity contribution in [2.45, 2.75) is 51.1 Å². The maximum Gasteiger partial charge on any atom is 0.252 e. The standard InChI is InChI=1S/C20H23F2N9S/c1-3-13-16(26)30(10(2)24)14-9-28-17(12(8-23)15(25)19-27-4-5-32-19)29-18(14)31(13)11-6-20(21,22)7-11/h4-5,8-9,11,13,23-24,26H,3,6-7,25H2,1-2H3/b15-12+,23-8?,24-10?,26-16?/t13-/m1/s1. The molecular weight excluding hydrogens is 436 g/mol. The Hall–Kier alpha value is -3.28. The van der Waals surface area contributed by atoms with E-state index in [9.17, 15) is 8.78 Å². The molecule has 2 aromatic heterocycles. The maximum absolute atomic E-state index is 13.8. The van der Waals surface area contributed by atoms with Crippen molar-refractivity contribution in [2.24, 2.45) is 5.73 Å². The van der Waals surface area contributed by atoms with Crippen molar-refractivity contribution < 1.29 is 8.78 Å². The maximum atomic E-state index is 13.8. The molecule has 2 aromatic rings. The Morgan fingerprint density at radius 2 is 2.09 bits per heavy atom. The van der Waals surface area contributed by atoms with Gasteiger partial charge in [-0.2, -0.15) is 0 Å². The zero-order valence-corrected chi connectivity index (χ0v) is 18.4. The third-order valence-corrected chi connectivity index (χ3v) is 6.46. The number of nitrogens with zero attached hydrogens (tertiary/aromatic N) is 5. The van der Waals surface area contributed by atoms with E-state index in [4.69, 9.17) is 22.0 Å². The number of amidine groups is 2. The highest BCUT2D eigenvalue weighted by Gasteiger charge is 2.52. The van der Waals surface area contributed by atoms with Gasteiger partial charge in [0.15, 0.2) is 11.6 Å². The Kier molecular flexibility index (Phi) is 5.49. The van der Waals surface area contributed by atoms with Gasteiger partial charge < -0.3 is 16.0 Å². The predicted octanol–water partition coefficient (Wildman–Crippen LogP) is 3.59. The lowest BCUT2D eigenvalue weighted by Gasteiger charge is -2.51. The molecular formula is C20H23F2N9S. The van der Waals surface area contributed by atoms with E-state index in [2.05, 4.69) is 15.0 Å². The molecule has 1 saturated carbocycles. The van der Waals surface area contributed by atoms with Crippen LogP contribution in [0.2, 0.25) is 0 Å². The Balaban J connectivity index is 1.88. The van der Waals surface area contributed by atoms with Gasteiger partial charge in [-0.1, -0.05) is 6.92 Å². The topological polar surface area (TPSA) is 143 Å². The molecule has 3 heterocycles. The fourth-order valence-electron chi connectivity index (χ4n) is 4.14. The largest absolute Gasteiger partial charge is 0.396 e. The first-order chi connectivity index (χ1) is 15.2. The molecule has 2 aliphatic rings. The number of nitrogens with one attached hydrogen (secondary N) is 3. The Morgan fingerprint density at radius 3 is 2.62 bits per heavy atom. The van der Waals surface area contributed by atoms with Gasteiger partial charge >= 0.3 is 0 Å². The zero-order chi connectivity index (χ0) is 23.2. The summed E-state index contributed by atoms with van der Waals surface area (Å²) in [6.45, 7) is 3.42. The Morgan fingerprint density at radius 1 is 1.38 bits per heavy atom. The number of aromatic nitrogens is 3. The van der Waals surface area contributed by atoms with Crippen LogP contribution in [0.5, 0.6) is 0 Å². The average molecular weight is 460 g/mol. The van der Waals surface area contributed by atoms with Crippen molar-refractivity contribution >= 4 is 52.0 Å². The van der Waals surface area contributed by atoms with E-state index in [1.54, 1.807) is 23.4 Å². The van der Waals surface area contributed by atoms with Crippen LogP contribution in [0, 0.1) is 16.2 Å². The normalized spacial score (nSPS) is 21.0. The van der Waals surface area contributed by atoms with Crippen LogP contribution < -0.4 is 15.5 Å². The summed E-state index contributed by atoms with van der Waals surface area (Å²) in [7, 11) is 0. The Labute approximate surface area is 187 Å². The van der Waals surface area contributed by atoms with Gasteiger partial charge in [0.1, 0.15) is 22.4 Å². The van der Waals surface area contributed by atoms with Crippen LogP contribution in [0.4, 0.5) is 20.3 Å². The number of hydrogen-bond donors (Lipinski definition) is 4. The summed E-state index contributed by atoms with van der Waals surface area (Å²) in [5.41, 5.74) is 7.10. The molecule has 1 aliphatic heterocycles. The van der Waals surface area contributed by atoms with E-state index < -0.39 is 18.0 Å². The smallest absolute Gasteiger partial charge is 0.252 e. The van der Waals surface area contributed by atoms with E-state index in [-0.39, 0.29) is 41.6 Å². The van der Waals surface area contributed by atoms with Crippen molar-refractivity contribution in [3.05, 3.63) is 28.6 Å². The van der Waals surface area contributed by atoms with Crippen LogP contribution in [-0.4, -0.2) is 50.8 Å². The molecule has 0 saturated heterocycles. The van der Waals surface area contributed by atoms with Crippen molar-refractivity contribution in [3.8, 4) is 0 Å². The first-order valence-corrected chi connectivity index (χ1v) is 10.9. The average Bonchev–Trinajstić information content (AvgIpc) is 3.26. The molecule has 0 aromatic carbocycles. The molecule has 32 heavy (non-hydrogen) atoms. The molecule has 0 spiro atoms. The van der Waals surface area contributed by atoms with Crippen molar-refractivity contribution in [1.29, 1.82) is 16.2 Å². The van der Waals surface area contributed by atoms with Crippen LogP contribution in [0.25, 0.3) is 11.3 Å². The van der Waals surface area contributed by atoms with Crippen LogP contribution in [-0.2, 0) is 0 Å². The summed E-state index contributed by atoms with van der Waals surface area (Å²) in [6.07, 6.45) is 3.93. The fraction of sp³-hybridized carbons (Fsp3) is 0.400. The van der Waals surface area contributed by atoms with Crippen LogP contribution in [0.3, 0.4) is 0 Å². The number of allylic oxidation sites excluding steroid dienone is 1. The second kappa shape index (κ2) is 8.01. The molecule has 168 valence electrons. The summed E-state index contributed by atoms with van der Waals surface area (Å²) < 4.78 is 27.5. The van der Waals surface area contributed by atoms with Gasteiger partial charge in [-0.15, -0.1) is 11.3 Å². The zero-order valence-electron chi connectivity index (χ0n) is 17.6. The summed E-state index contributed by atoms with van der Waals surface area (Å²) in [5.74, 6) is -1.99. The van der Waals surface area contributed by atoms with Gasteiger partial charge in [0.2, 0.25) is 0 Å². The van der Waals surface area contributed by atoms with Gasteiger partial charge in [-0.25, -0.2) is 23.7 Å². The number of alkyl halides is 2. The highest BCUT2D eigenvalue weighted by molar-refractivity contribution is 7.10. The first-order valence-electron chi connectivity index (χ1n) is 10.1. The second-order valence-corrected chi connectivity index (χ2v) is 8.66. The van der Waals surface area contributed by atoms with Crippen LogP contribution >= 0.6 is 11.3 Å². The summed E-state index contributed by atoms with van der Waals surface area (Å²) in [5, 5.41) is 27.0. The van der Waals surface area contributed by atoms with Crippen molar-refractivity contribution in [1.82, 2.24) is 15.0 Å². The number of thiazole rings is 1. The third kappa shape index (κ3) is 3.53. The minimum Gasteiger partial charge on any atom is -0.396 e. The fourth-order valence-corrected chi connectivity index (χ4v) is 4.75. The van der Waals surface area contributed by atoms with E-state index in [1.807, 2.05) is 6.92 Å². The predicted molar refractivity (Wildman–Crippen MR) is 122 cm³/mol. The second-order valence-electron chi connectivity index (χ2n) is 7.77. The van der Waals surface area contributed by atoms with Crippen LogP contribution in [0.15, 0.2) is 17.8 Å². The minimum atomic E-state index is -2.74.